The molecule has 0 heterocycles. The number of hydrogen-bond donors (Lipinski definition) is 1. The molecule has 2 nitrogen and oxygen atoms in total. The molecule has 4 heteroatoms. The average Bonchev–Trinajstić information content (AvgIpc) is 3.28. The van der Waals surface area contributed by atoms with E-state index in [1.54, 1.807) is 0 Å². The largest absolute Gasteiger partial charge is 0.351 e. The quantitative estimate of drug-likeness (QED) is 0.892. The Hall–Kier alpha value is -1.51. The molecule has 1 fully saturated rings. The Morgan fingerprint density at radius 3 is 2.33 bits per heavy atom. The zero-order valence-electron chi connectivity index (χ0n) is 11.4. The molecule has 1 saturated carbocycles. The molecule has 108 valence electrons. The van der Waals surface area contributed by atoms with Crippen LogP contribution in [0, 0.1) is 0 Å². The lowest BCUT2D eigenvalue weighted by Crippen LogP contribution is -2.34. The van der Waals surface area contributed by atoms with Crippen LogP contribution in [0.5, 0.6) is 0 Å². The third-order valence-corrected chi connectivity index (χ3v) is 4.60. The van der Waals surface area contributed by atoms with E-state index in [0.29, 0.717) is 16.6 Å². The monoisotopic (exact) mass is 319 g/mol. The number of carbonyl (C=O) groups is 1. The number of amides is 1. The second-order valence-corrected chi connectivity index (χ2v) is 6.21. The molecule has 1 aliphatic carbocycles. The Bertz CT molecular complexity index is 663. The van der Waals surface area contributed by atoms with Gasteiger partial charge in [-0.3, -0.25) is 4.79 Å². The Kier molecular flexibility index (Phi) is 3.92. The summed E-state index contributed by atoms with van der Waals surface area (Å²) in [4.78, 5) is 12.5. The zero-order valence-corrected chi connectivity index (χ0v) is 12.9. The molecule has 0 unspecified atom stereocenters. The van der Waals surface area contributed by atoms with Crippen LogP contribution in [0.2, 0.25) is 10.0 Å². The second-order valence-electron chi connectivity index (χ2n) is 5.36. The minimum Gasteiger partial charge on any atom is -0.351 e. The molecule has 2 aromatic rings. The van der Waals surface area contributed by atoms with Gasteiger partial charge in [0.1, 0.15) is 0 Å². The number of halogens is 2. The van der Waals surface area contributed by atoms with E-state index in [-0.39, 0.29) is 11.3 Å². The first-order valence-corrected chi connectivity index (χ1v) is 7.65. The van der Waals surface area contributed by atoms with Gasteiger partial charge in [-0.1, -0.05) is 53.5 Å². The van der Waals surface area contributed by atoms with Crippen LogP contribution in [-0.2, 0) is 16.8 Å². The molecule has 0 atom stereocenters. The maximum absolute atomic E-state index is 12.5. The fourth-order valence-electron chi connectivity index (χ4n) is 2.53. The highest BCUT2D eigenvalue weighted by Gasteiger charge is 2.51. The van der Waals surface area contributed by atoms with Gasteiger partial charge in [-0.25, -0.2) is 0 Å². The minimum absolute atomic E-state index is 0.0599. The summed E-state index contributed by atoms with van der Waals surface area (Å²) in [5.41, 5.74) is 1.58. The van der Waals surface area contributed by atoms with E-state index in [9.17, 15) is 4.79 Å². The van der Waals surface area contributed by atoms with Crippen molar-refractivity contribution in [3.8, 4) is 0 Å². The molecule has 21 heavy (non-hydrogen) atoms. The molecule has 1 N–H and O–H groups in total. The van der Waals surface area contributed by atoms with Gasteiger partial charge in [0, 0.05) is 16.6 Å². The lowest BCUT2D eigenvalue weighted by atomic mass is 9.95. The summed E-state index contributed by atoms with van der Waals surface area (Å²) in [6.07, 6.45) is 1.76. The van der Waals surface area contributed by atoms with Crippen molar-refractivity contribution in [3.63, 3.8) is 0 Å². The van der Waals surface area contributed by atoms with E-state index < -0.39 is 0 Å². The summed E-state index contributed by atoms with van der Waals surface area (Å²) in [6.45, 7) is 0.452. The molecule has 0 aromatic heterocycles. The SMILES string of the molecule is O=C(NCc1ccccc1Cl)C1(c2ccc(Cl)cc2)CC1. The molecule has 0 saturated heterocycles. The van der Waals surface area contributed by atoms with Crippen LogP contribution >= 0.6 is 23.2 Å². The Balaban J connectivity index is 1.71. The molecule has 0 radical (unpaired) electrons. The summed E-state index contributed by atoms with van der Waals surface area (Å²) < 4.78 is 0. The predicted molar refractivity (Wildman–Crippen MR) is 85.7 cm³/mol. The summed E-state index contributed by atoms with van der Waals surface area (Å²) >= 11 is 12.0. The molecular formula is C17H15Cl2NO. The van der Waals surface area contributed by atoms with Crippen LogP contribution in [0.15, 0.2) is 48.5 Å². The fraction of sp³-hybridized carbons (Fsp3) is 0.235. The summed E-state index contributed by atoms with van der Waals surface area (Å²) in [5.74, 6) is 0.0599. The smallest absolute Gasteiger partial charge is 0.230 e. The lowest BCUT2D eigenvalue weighted by molar-refractivity contribution is -0.123. The van der Waals surface area contributed by atoms with E-state index in [1.165, 1.54) is 0 Å². The molecular weight excluding hydrogens is 305 g/mol. The van der Waals surface area contributed by atoms with Crippen molar-refractivity contribution in [2.24, 2.45) is 0 Å². The normalized spacial score (nSPS) is 15.5. The first-order chi connectivity index (χ1) is 10.1. The molecule has 0 spiro atoms. The van der Waals surface area contributed by atoms with Crippen LogP contribution in [-0.4, -0.2) is 5.91 Å². The average molecular weight is 320 g/mol. The number of hydrogen-bond acceptors (Lipinski definition) is 1. The Morgan fingerprint density at radius 1 is 1.05 bits per heavy atom. The summed E-state index contributed by atoms with van der Waals surface area (Å²) in [6, 6.07) is 15.1. The molecule has 3 rings (SSSR count). The van der Waals surface area contributed by atoms with Crippen molar-refractivity contribution in [2.75, 3.05) is 0 Å². The van der Waals surface area contributed by atoms with Gasteiger partial charge < -0.3 is 5.32 Å². The number of rotatable bonds is 4. The van der Waals surface area contributed by atoms with Gasteiger partial charge >= 0.3 is 0 Å². The van der Waals surface area contributed by atoms with Crippen molar-refractivity contribution >= 4 is 29.1 Å². The van der Waals surface area contributed by atoms with Crippen LogP contribution < -0.4 is 5.32 Å². The van der Waals surface area contributed by atoms with Gasteiger partial charge in [-0.05, 0) is 42.2 Å². The zero-order chi connectivity index (χ0) is 14.9. The first-order valence-electron chi connectivity index (χ1n) is 6.90. The topological polar surface area (TPSA) is 29.1 Å². The van der Waals surface area contributed by atoms with Crippen molar-refractivity contribution in [2.45, 2.75) is 24.8 Å². The molecule has 0 aliphatic heterocycles. The molecule has 1 amide bonds. The number of nitrogens with one attached hydrogen (secondary N) is 1. The highest BCUT2D eigenvalue weighted by Crippen LogP contribution is 2.48. The van der Waals surface area contributed by atoms with Gasteiger partial charge in [-0.15, -0.1) is 0 Å². The maximum Gasteiger partial charge on any atom is 0.230 e. The Labute approximate surface area is 134 Å². The third kappa shape index (κ3) is 2.92. The highest BCUT2D eigenvalue weighted by atomic mass is 35.5. The van der Waals surface area contributed by atoms with Crippen LogP contribution in [0.3, 0.4) is 0 Å². The number of benzene rings is 2. The maximum atomic E-state index is 12.5. The third-order valence-electron chi connectivity index (χ3n) is 3.98. The van der Waals surface area contributed by atoms with Crippen molar-refractivity contribution in [1.82, 2.24) is 5.32 Å². The van der Waals surface area contributed by atoms with Gasteiger partial charge in [0.25, 0.3) is 0 Å². The van der Waals surface area contributed by atoms with Gasteiger partial charge in [0.2, 0.25) is 5.91 Å². The van der Waals surface area contributed by atoms with E-state index in [2.05, 4.69) is 5.32 Å². The van der Waals surface area contributed by atoms with E-state index in [0.717, 1.165) is 24.0 Å². The van der Waals surface area contributed by atoms with Crippen molar-refractivity contribution in [3.05, 3.63) is 69.7 Å². The molecule has 1 aliphatic rings. The number of carbonyl (C=O) groups excluding carboxylic acids is 1. The summed E-state index contributed by atoms with van der Waals surface area (Å²) in [7, 11) is 0. The van der Waals surface area contributed by atoms with E-state index >= 15 is 0 Å². The predicted octanol–water partition coefficient (Wildman–Crippen LogP) is 4.34. The van der Waals surface area contributed by atoms with Crippen LogP contribution in [0.1, 0.15) is 24.0 Å². The van der Waals surface area contributed by atoms with Crippen molar-refractivity contribution < 1.29 is 4.79 Å². The lowest BCUT2D eigenvalue weighted by Gasteiger charge is -2.16. The first kappa shape index (κ1) is 14.4. The van der Waals surface area contributed by atoms with Gasteiger partial charge in [0.15, 0.2) is 0 Å². The van der Waals surface area contributed by atoms with E-state index in [4.69, 9.17) is 23.2 Å². The van der Waals surface area contributed by atoms with Gasteiger partial charge in [-0.2, -0.15) is 0 Å². The highest BCUT2D eigenvalue weighted by molar-refractivity contribution is 6.31. The van der Waals surface area contributed by atoms with Crippen LogP contribution in [0.4, 0.5) is 0 Å². The Morgan fingerprint density at radius 2 is 1.71 bits per heavy atom. The minimum atomic E-state index is -0.383. The van der Waals surface area contributed by atoms with Crippen LogP contribution in [0.25, 0.3) is 0 Å². The fourth-order valence-corrected chi connectivity index (χ4v) is 2.86. The van der Waals surface area contributed by atoms with Crippen molar-refractivity contribution in [1.29, 1.82) is 0 Å². The second kappa shape index (κ2) is 5.70. The van der Waals surface area contributed by atoms with E-state index in [1.807, 2.05) is 48.5 Å². The molecule has 0 bridgehead atoms. The van der Waals surface area contributed by atoms with Gasteiger partial charge in [0.05, 0.1) is 5.41 Å². The molecule has 2 aromatic carbocycles. The summed E-state index contributed by atoms with van der Waals surface area (Å²) in [5, 5.41) is 4.36. The standard InChI is InChI=1S/C17H15Cl2NO/c18-14-7-5-13(6-8-14)17(9-10-17)16(21)20-11-12-3-1-2-4-15(12)19/h1-8H,9-11H2,(H,20,21).